The number of nitro benzene ring substituents is 3. The zero-order chi connectivity index (χ0) is 13.2. The van der Waals surface area contributed by atoms with Crippen LogP contribution in [0.1, 0.15) is 0 Å². The van der Waals surface area contributed by atoms with Crippen LogP contribution in [-0.2, 0) is 0 Å². The van der Waals surface area contributed by atoms with Crippen LogP contribution in [0.2, 0.25) is 0 Å². The molecule has 0 fully saturated rings. The van der Waals surface area contributed by atoms with E-state index in [2.05, 4.69) is 4.74 Å². The molecule has 0 saturated carbocycles. The van der Waals surface area contributed by atoms with E-state index in [-0.39, 0.29) is 0 Å². The lowest BCUT2D eigenvalue weighted by Crippen LogP contribution is -2.00. The molecule has 1 aromatic rings. The van der Waals surface area contributed by atoms with Gasteiger partial charge in [0.1, 0.15) is 6.07 Å². The number of hydrogen-bond acceptors (Lipinski definition) is 7. The summed E-state index contributed by atoms with van der Waals surface area (Å²) in [4.78, 5) is 28.7. The number of methoxy groups -OCH3 is 1. The Morgan fingerprint density at radius 3 is 1.65 bits per heavy atom. The molecule has 0 saturated heterocycles. The third-order valence-corrected chi connectivity index (χ3v) is 1.87. The van der Waals surface area contributed by atoms with E-state index in [4.69, 9.17) is 0 Å². The third kappa shape index (κ3) is 2.25. The number of hydrogen-bond donors (Lipinski definition) is 0. The van der Waals surface area contributed by atoms with Gasteiger partial charge in [-0.3, -0.25) is 30.3 Å². The molecule has 0 amide bonds. The fourth-order valence-electron chi connectivity index (χ4n) is 1.15. The number of nitrogens with zero attached hydrogens (tertiary/aromatic N) is 3. The van der Waals surface area contributed by atoms with Crippen LogP contribution in [0, 0.1) is 30.3 Å². The highest BCUT2D eigenvalue weighted by Gasteiger charge is 2.31. The molecule has 0 heterocycles. The van der Waals surface area contributed by atoms with Gasteiger partial charge in [0.05, 0.1) is 27.9 Å². The number of rotatable bonds is 4. The van der Waals surface area contributed by atoms with Crippen LogP contribution in [-0.4, -0.2) is 21.9 Å². The van der Waals surface area contributed by atoms with Gasteiger partial charge in [-0.25, -0.2) is 0 Å². The summed E-state index contributed by atoms with van der Waals surface area (Å²) in [6, 6.07) is 1.15. The molecule has 0 unspecified atom stereocenters. The van der Waals surface area contributed by atoms with Gasteiger partial charge >= 0.3 is 17.1 Å². The summed E-state index contributed by atoms with van der Waals surface area (Å²) >= 11 is 0. The summed E-state index contributed by atoms with van der Waals surface area (Å²) in [6.07, 6.45) is 0. The maximum atomic E-state index is 10.6. The van der Waals surface area contributed by atoms with Crippen molar-refractivity contribution < 1.29 is 19.5 Å². The fraction of sp³-hybridized carbons (Fsp3) is 0.143. The lowest BCUT2D eigenvalue weighted by Gasteiger charge is -2.01. The second-order valence-electron chi connectivity index (χ2n) is 2.78. The highest BCUT2D eigenvalue weighted by molar-refractivity contribution is 5.64. The molecule has 0 aliphatic carbocycles. The van der Waals surface area contributed by atoms with Gasteiger partial charge in [0.15, 0.2) is 0 Å². The van der Waals surface area contributed by atoms with Crippen LogP contribution in [0.25, 0.3) is 0 Å². The van der Waals surface area contributed by atoms with Crippen molar-refractivity contribution >= 4 is 17.1 Å². The molecule has 1 rings (SSSR count). The molecule has 0 N–H and O–H groups in total. The summed E-state index contributed by atoms with van der Waals surface area (Å²) in [5.41, 5.74) is -2.52. The normalized spacial score (nSPS) is 9.71. The first-order valence-corrected chi connectivity index (χ1v) is 4.03. The van der Waals surface area contributed by atoms with Crippen LogP contribution in [0.3, 0.4) is 0 Å². The Morgan fingerprint density at radius 2 is 1.29 bits per heavy atom. The van der Waals surface area contributed by atoms with Crippen molar-refractivity contribution in [2.45, 2.75) is 0 Å². The van der Waals surface area contributed by atoms with Gasteiger partial charge in [-0.2, -0.15) is 0 Å². The molecule has 0 aliphatic heterocycles. The maximum absolute atomic E-state index is 10.6. The molecule has 0 aliphatic rings. The number of nitro groups is 3. The third-order valence-electron chi connectivity index (χ3n) is 1.87. The van der Waals surface area contributed by atoms with E-state index < -0.39 is 37.6 Å². The summed E-state index contributed by atoms with van der Waals surface area (Å²) in [5, 5.41) is 31.7. The Labute approximate surface area is 92.9 Å². The van der Waals surface area contributed by atoms with Gasteiger partial charge in [0.25, 0.3) is 0 Å². The highest BCUT2D eigenvalue weighted by atomic mass is 16.6. The van der Waals surface area contributed by atoms with Gasteiger partial charge in [-0.05, 0) is 0 Å². The van der Waals surface area contributed by atoms with Crippen molar-refractivity contribution in [1.82, 2.24) is 0 Å². The van der Waals surface area contributed by atoms with E-state index >= 15 is 0 Å². The van der Waals surface area contributed by atoms with Crippen LogP contribution in [0.4, 0.5) is 17.1 Å². The van der Waals surface area contributed by atoms with Gasteiger partial charge < -0.3 is 4.74 Å². The van der Waals surface area contributed by atoms with Crippen molar-refractivity contribution in [2.75, 3.05) is 7.11 Å². The second-order valence-corrected chi connectivity index (χ2v) is 2.78. The van der Waals surface area contributed by atoms with Crippen molar-refractivity contribution in [1.29, 1.82) is 0 Å². The van der Waals surface area contributed by atoms with Gasteiger partial charge in [-0.15, -0.1) is 0 Å². The Morgan fingerprint density at radius 1 is 0.882 bits per heavy atom. The largest absolute Gasteiger partial charge is 0.490 e. The van der Waals surface area contributed by atoms with Crippen LogP contribution < -0.4 is 4.74 Å². The smallest absolute Gasteiger partial charge is 0.353 e. The lowest BCUT2D eigenvalue weighted by atomic mass is 10.2. The minimum Gasteiger partial charge on any atom is -0.490 e. The Hall–Kier alpha value is -2.78. The molecule has 10 heteroatoms. The zero-order valence-electron chi connectivity index (χ0n) is 8.35. The van der Waals surface area contributed by atoms with Gasteiger partial charge in [0, 0.05) is 0 Å². The van der Waals surface area contributed by atoms with Crippen LogP contribution >= 0.6 is 0 Å². The molecule has 10 nitrogen and oxygen atoms in total. The van der Waals surface area contributed by atoms with Crippen molar-refractivity contribution in [2.24, 2.45) is 0 Å². The Bertz CT molecular complexity index is 512. The average Bonchev–Trinajstić information content (AvgIpc) is 2.26. The topological polar surface area (TPSA) is 139 Å². The molecule has 0 atom stereocenters. The number of benzene rings is 1. The molecule has 90 valence electrons. The average molecular weight is 243 g/mol. The predicted octanol–water partition coefficient (Wildman–Crippen LogP) is 1.42. The molecule has 0 radical (unpaired) electrons. The second kappa shape index (κ2) is 4.38. The lowest BCUT2D eigenvalue weighted by molar-refractivity contribution is -0.424. The Kier molecular flexibility index (Phi) is 3.17. The first-order chi connectivity index (χ1) is 7.88. The molecular weight excluding hydrogens is 238 g/mol. The quantitative estimate of drug-likeness (QED) is 0.575. The molecule has 0 aromatic heterocycles. The fourth-order valence-corrected chi connectivity index (χ4v) is 1.15. The summed E-state index contributed by atoms with van der Waals surface area (Å²) in [7, 11) is 1.07. The van der Waals surface area contributed by atoms with E-state index in [1.165, 1.54) is 0 Å². The summed E-state index contributed by atoms with van der Waals surface area (Å²) < 4.78 is 4.56. The molecule has 1 aromatic carbocycles. The van der Waals surface area contributed by atoms with E-state index in [1.54, 1.807) is 0 Å². The van der Waals surface area contributed by atoms with Crippen molar-refractivity contribution in [3.05, 3.63) is 42.5 Å². The van der Waals surface area contributed by atoms with E-state index in [9.17, 15) is 30.3 Å². The summed E-state index contributed by atoms with van der Waals surface area (Å²) in [5.74, 6) is -0.410. The van der Waals surface area contributed by atoms with Gasteiger partial charge in [0.2, 0.25) is 5.75 Å². The molecule has 0 bridgehead atoms. The SMILES string of the molecule is COc1cc([N+](=O)[O-])c([N+](=O)[O-])cc1[N+](=O)[O-]. The van der Waals surface area contributed by atoms with E-state index in [0.29, 0.717) is 12.1 Å². The van der Waals surface area contributed by atoms with Crippen molar-refractivity contribution in [3.8, 4) is 5.75 Å². The first kappa shape index (κ1) is 12.3. The Balaban J connectivity index is 3.59. The molecule has 17 heavy (non-hydrogen) atoms. The van der Waals surface area contributed by atoms with Gasteiger partial charge in [-0.1, -0.05) is 0 Å². The summed E-state index contributed by atoms with van der Waals surface area (Å²) in [6.45, 7) is 0. The van der Waals surface area contributed by atoms with E-state index in [1.807, 2.05) is 0 Å². The molecular formula is C7H5N3O7. The van der Waals surface area contributed by atoms with Crippen LogP contribution in [0.5, 0.6) is 5.75 Å². The highest BCUT2D eigenvalue weighted by Crippen LogP contribution is 2.38. The molecule has 0 spiro atoms. The van der Waals surface area contributed by atoms with Crippen LogP contribution in [0.15, 0.2) is 12.1 Å². The maximum Gasteiger partial charge on any atom is 0.353 e. The minimum absolute atomic E-state index is 0.410. The predicted molar refractivity (Wildman–Crippen MR) is 53.0 cm³/mol. The zero-order valence-corrected chi connectivity index (χ0v) is 8.35. The standard InChI is InChI=1S/C7H5N3O7/c1-17-7-3-5(9(13)14)4(8(11)12)2-6(7)10(15)16/h2-3H,1H3. The van der Waals surface area contributed by atoms with E-state index in [0.717, 1.165) is 7.11 Å². The monoisotopic (exact) mass is 243 g/mol. The van der Waals surface area contributed by atoms with Crippen molar-refractivity contribution in [3.63, 3.8) is 0 Å². The minimum atomic E-state index is -1.06. The first-order valence-electron chi connectivity index (χ1n) is 4.03. The number of ether oxygens (including phenoxy) is 1.